The van der Waals surface area contributed by atoms with Crippen molar-refractivity contribution in [2.24, 2.45) is 0 Å². The summed E-state index contributed by atoms with van der Waals surface area (Å²) in [6.07, 6.45) is 77.8. The fraction of sp³-hybridized carbons (Fsp3) is 0.780. The maximum absolute atomic E-state index is 12.5. The molecule has 0 aliphatic heterocycles. The predicted octanol–water partition coefficient (Wildman–Crippen LogP) is 18.2. The van der Waals surface area contributed by atoms with E-state index in [4.69, 9.17) is 0 Å². The molecule has 2 atom stereocenters. The third-order valence-corrected chi connectivity index (χ3v) is 12.4. The summed E-state index contributed by atoms with van der Waals surface area (Å²) >= 11 is 0. The van der Waals surface area contributed by atoms with Gasteiger partial charge in [0.1, 0.15) is 0 Å². The Morgan fingerprint density at radius 2 is 0.714 bits per heavy atom. The van der Waals surface area contributed by atoms with Crippen LogP contribution in [0.4, 0.5) is 0 Å². The number of hydrogen-bond donors (Lipinski definition) is 3. The minimum absolute atomic E-state index is 0.0786. The molecular formula is C59H107NO3. The Balaban J connectivity index is 3.55. The van der Waals surface area contributed by atoms with Crippen LogP contribution in [-0.2, 0) is 4.79 Å². The van der Waals surface area contributed by atoms with Gasteiger partial charge < -0.3 is 15.5 Å². The molecule has 0 aromatic carbocycles. The van der Waals surface area contributed by atoms with E-state index in [1.54, 1.807) is 6.08 Å². The Bertz CT molecular complexity index is 1090. The molecule has 0 fully saturated rings. The highest BCUT2D eigenvalue weighted by Gasteiger charge is 2.18. The van der Waals surface area contributed by atoms with Gasteiger partial charge in [-0.1, -0.05) is 273 Å². The lowest BCUT2D eigenvalue weighted by Gasteiger charge is -2.19. The second-order valence-corrected chi connectivity index (χ2v) is 18.6. The highest BCUT2D eigenvalue weighted by atomic mass is 16.3. The molecule has 0 aliphatic carbocycles. The number of allylic oxidation sites excluding steroid dienone is 11. The average Bonchev–Trinajstić information content (AvgIpc) is 3.29. The summed E-state index contributed by atoms with van der Waals surface area (Å²) in [5, 5.41) is 23.1. The Hall–Kier alpha value is -2.17. The third-order valence-electron chi connectivity index (χ3n) is 12.4. The summed E-state index contributed by atoms with van der Waals surface area (Å²) in [4.78, 5) is 12.5. The molecule has 0 heterocycles. The number of carbonyl (C=O) groups excluding carboxylic acids is 1. The first-order valence-corrected chi connectivity index (χ1v) is 27.7. The van der Waals surface area contributed by atoms with Crippen molar-refractivity contribution in [1.82, 2.24) is 5.32 Å². The maximum atomic E-state index is 12.5. The number of unbranched alkanes of at least 4 members (excludes halogenated alkanes) is 33. The van der Waals surface area contributed by atoms with Crippen LogP contribution in [-0.4, -0.2) is 34.9 Å². The Morgan fingerprint density at radius 1 is 0.397 bits per heavy atom. The summed E-state index contributed by atoms with van der Waals surface area (Å²) in [7, 11) is 0. The minimum Gasteiger partial charge on any atom is -0.394 e. The van der Waals surface area contributed by atoms with Crippen LogP contribution in [0.25, 0.3) is 0 Å². The van der Waals surface area contributed by atoms with E-state index in [2.05, 4.69) is 79.9 Å². The van der Waals surface area contributed by atoms with Crippen LogP contribution in [0, 0.1) is 0 Å². The SMILES string of the molecule is CC/C=C\C/C=C\C/C=C\C/C=C\CCCCCCCCCCCCC(=O)NC(CO)C(O)/C=C/CC/C=C/CCCCCCCCCCCCCCCCCCCCCCCC. The fourth-order valence-corrected chi connectivity index (χ4v) is 8.25. The van der Waals surface area contributed by atoms with Gasteiger partial charge in [-0.2, -0.15) is 0 Å². The summed E-state index contributed by atoms with van der Waals surface area (Å²) in [6.45, 7) is 4.20. The second-order valence-electron chi connectivity index (χ2n) is 18.6. The highest BCUT2D eigenvalue weighted by molar-refractivity contribution is 5.76. The molecule has 0 aromatic rings. The Labute approximate surface area is 393 Å². The predicted molar refractivity (Wildman–Crippen MR) is 281 cm³/mol. The van der Waals surface area contributed by atoms with Crippen LogP contribution in [0.2, 0.25) is 0 Å². The molecule has 4 heteroatoms. The topological polar surface area (TPSA) is 69.6 Å². The molecule has 2 unspecified atom stereocenters. The molecule has 0 saturated heterocycles. The number of nitrogens with one attached hydrogen (secondary N) is 1. The van der Waals surface area contributed by atoms with Gasteiger partial charge in [-0.25, -0.2) is 0 Å². The van der Waals surface area contributed by atoms with E-state index in [1.807, 2.05) is 6.08 Å². The van der Waals surface area contributed by atoms with Crippen LogP contribution in [0.5, 0.6) is 0 Å². The van der Waals surface area contributed by atoms with E-state index in [1.165, 1.54) is 199 Å². The van der Waals surface area contributed by atoms with E-state index < -0.39 is 12.1 Å². The zero-order chi connectivity index (χ0) is 45.6. The van der Waals surface area contributed by atoms with Crippen LogP contribution < -0.4 is 5.32 Å². The van der Waals surface area contributed by atoms with Gasteiger partial charge in [-0.15, -0.1) is 0 Å². The van der Waals surface area contributed by atoms with Gasteiger partial charge in [0.15, 0.2) is 0 Å². The molecule has 63 heavy (non-hydrogen) atoms. The van der Waals surface area contributed by atoms with Crippen LogP contribution in [0.1, 0.15) is 277 Å². The van der Waals surface area contributed by atoms with Gasteiger partial charge >= 0.3 is 0 Å². The molecule has 366 valence electrons. The van der Waals surface area contributed by atoms with Crippen molar-refractivity contribution in [3.8, 4) is 0 Å². The molecule has 0 rings (SSSR count). The molecule has 1 amide bonds. The summed E-state index contributed by atoms with van der Waals surface area (Å²) < 4.78 is 0. The van der Waals surface area contributed by atoms with E-state index >= 15 is 0 Å². The number of amides is 1. The summed E-state index contributed by atoms with van der Waals surface area (Å²) in [5.74, 6) is -0.0786. The summed E-state index contributed by atoms with van der Waals surface area (Å²) in [5.41, 5.74) is 0. The number of hydrogen-bond acceptors (Lipinski definition) is 3. The van der Waals surface area contributed by atoms with E-state index in [9.17, 15) is 15.0 Å². The van der Waals surface area contributed by atoms with Crippen LogP contribution in [0.15, 0.2) is 72.9 Å². The van der Waals surface area contributed by atoms with E-state index in [-0.39, 0.29) is 12.5 Å². The van der Waals surface area contributed by atoms with Crippen molar-refractivity contribution in [2.45, 2.75) is 289 Å². The number of aliphatic hydroxyl groups is 2. The monoisotopic (exact) mass is 878 g/mol. The molecule has 0 aromatic heterocycles. The first kappa shape index (κ1) is 60.8. The molecule has 4 nitrogen and oxygen atoms in total. The molecule has 0 radical (unpaired) electrons. The van der Waals surface area contributed by atoms with Crippen molar-refractivity contribution >= 4 is 5.91 Å². The van der Waals surface area contributed by atoms with Gasteiger partial charge in [0.2, 0.25) is 5.91 Å². The third kappa shape index (κ3) is 50.7. The normalized spacial score (nSPS) is 13.4. The summed E-state index contributed by atoms with van der Waals surface area (Å²) in [6, 6.07) is -0.646. The van der Waals surface area contributed by atoms with Gasteiger partial charge in [0.25, 0.3) is 0 Å². The van der Waals surface area contributed by atoms with Crippen LogP contribution in [0.3, 0.4) is 0 Å². The van der Waals surface area contributed by atoms with E-state index in [0.29, 0.717) is 6.42 Å². The molecule has 3 N–H and O–H groups in total. The molecule has 0 saturated carbocycles. The van der Waals surface area contributed by atoms with Crippen molar-refractivity contribution < 1.29 is 15.0 Å². The number of rotatable bonds is 50. The Morgan fingerprint density at radius 3 is 1.11 bits per heavy atom. The quantitative estimate of drug-likeness (QED) is 0.0421. The number of carbonyl (C=O) groups is 1. The van der Waals surface area contributed by atoms with Crippen molar-refractivity contribution in [2.75, 3.05) is 6.61 Å². The van der Waals surface area contributed by atoms with Gasteiger partial charge in [0.05, 0.1) is 18.8 Å². The largest absolute Gasteiger partial charge is 0.394 e. The van der Waals surface area contributed by atoms with Crippen molar-refractivity contribution in [1.29, 1.82) is 0 Å². The lowest BCUT2D eigenvalue weighted by molar-refractivity contribution is -0.123. The number of aliphatic hydroxyl groups excluding tert-OH is 2. The zero-order valence-corrected chi connectivity index (χ0v) is 42.1. The molecule has 0 aliphatic rings. The smallest absolute Gasteiger partial charge is 0.220 e. The van der Waals surface area contributed by atoms with Gasteiger partial charge in [-0.05, 0) is 70.6 Å². The average molecular weight is 879 g/mol. The lowest BCUT2D eigenvalue weighted by Crippen LogP contribution is -2.45. The fourth-order valence-electron chi connectivity index (χ4n) is 8.25. The van der Waals surface area contributed by atoms with Crippen molar-refractivity contribution in [3.63, 3.8) is 0 Å². The highest BCUT2D eigenvalue weighted by Crippen LogP contribution is 2.16. The lowest BCUT2D eigenvalue weighted by atomic mass is 10.0. The first-order chi connectivity index (χ1) is 31.2. The van der Waals surface area contributed by atoms with E-state index in [0.717, 1.165) is 57.8 Å². The Kier molecular flexibility index (Phi) is 52.3. The first-order valence-electron chi connectivity index (χ1n) is 27.7. The van der Waals surface area contributed by atoms with Gasteiger partial charge in [0, 0.05) is 6.42 Å². The van der Waals surface area contributed by atoms with Crippen LogP contribution >= 0.6 is 0 Å². The minimum atomic E-state index is -0.869. The van der Waals surface area contributed by atoms with Crippen molar-refractivity contribution in [3.05, 3.63) is 72.9 Å². The maximum Gasteiger partial charge on any atom is 0.220 e. The molecule has 0 bridgehead atoms. The zero-order valence-electron chi connectivity index (χ0n) is 42.1. The molecular weight excluding hydrogens is 771 g/mol. The standard InChI is InChI=1S/C59H107NO3/c1-3-5-7-9-11-13-15-17-19-21-23-25-27-28-29-30-31-33-34-36-38-40-42-44-46-48-50-52-54-58(62)57(56-61)60-59(63)55-53-51-49-47-45-43-41-39-37-35-32-26-24-22-20-18-16-14-12-10-8-6-4-2/h6,8,12,14,18,20,24,26,44,46,52,54,57-58,61-62H,3-5,7,9-11,13,15-17,19,21-23,25,27-43,45,47-51,53,55-56H2,1-2H3,(H,60,63)/b8-6-,14-12-,20-18-,26-24-,46-44+,54-52+. The molecule has 0 spiro atoms. The second kappa shape index (κ2) is 54.2. The van der Waals surface area contributed by atoms with Gasteiger partial charge in [-0.3, -0.25) is 4.79 Å².